The third kappa shape index (κ3) is 6.05. The predicted molar refractivity (Wildman–Crippen MR) is 90.1 cm³/mol. The highest BCUT2D eigenvalue weighted by molar-refractivity contribution is 5.85. The molecule has 1 aliphatic carbocycles. The summed E-state index contributed by atoms with van der Waals surface area (Å²) in [5.74, 6) is 0.828. The zero-order valence-corrected chi connectivity index (χ0v) is 14.8. The Morgan fingerprint density at radius 2 is 2.00 bits per heavy atom. The number of carbonyl (C=O) groups is 1. The second-order valence-electron chi connectivity index (χ2n) is 6.80. The van der Waals surface area contributed by atoms with Gasteiger partial charge < -0.3 is 15.2 Å². The second kappa shape index (κ2) is 9.74. The van der Waals surface area contributed by atoms with Crippen molar-refractivity contribution in [2.75, 3.05) is 6.61 Å². The molecule has 130 valence electrons. The zero-order chi connectivity index (χ0) is 15.2. The number of unbranched alkanes of at least 4 members (excludes halogenated alkanes) is 1. The highest BCUT2D eigenvalue weighted by atomic mass is 35.5. The molecule has 1 saturated carbocycles. The largest absolute Gasteiger partial charge is 0.461 e. The second-order valence-corrected chi connectivity index (χ2v) is 6.80. The van der Waals surface area contributed by atoms with Crippen LogP contribution in [0.5, 0.6) is 0 Å². The molecule has 0 spiro atoms. The average molecular weight is 334 g/mol. The number of esters is 1. The molecule has 22 heavy (non-hydrogen) atoms. The van der Waals surface area contributed by atoms with Gasteiger partial charge in [-0.25, -0.2) is 0 Å². The molecule has 4 atom stereocenters. The molecule has 0 aromatic heterocycles. The molecule has 2 rings (SSSR count). The number of halogens is 1. The number of cyclic esters (lactones) is 1. The van der Waals surface area contributed by atoms with Crippen LogP contribution >= 0.6 is 12.4 Å². The minimum absolute atomic E-state index is 0. The van der Waals surface area contributed by atoms with E-state index >= 15 is 0 Å². The van der Waals surface area contributed by atoms with Crippen LogP contribution in [0.25, 0.3) is 0 Å². The lowest BCUT2D eigenvalue weighted by atomic mass is 9.88. The van der Waals surface area contributed by atoms with Gasteiger partial charge in [0.2, 0.25) is 0 Å². The maximum atomic E-state index is 11.9. The summed E-state index contributed by atoms with van der Waals surface area (Å²) in [5.41, 5.74) is 5.89. The van der Waals surface area contributed by atoms with Crippen molar-refractivity contribution in [3.63, 3.8) is 0 Å². The molecule has 0 aromatic carbocycles. The van der Waals surface area contributed by atoms with Crippen molar-refractivity contribution >= 4 is 18.4 Å². The lowest BCUT2D eigenvalue weighted by Gasteiger charge is -2.31. The third-order valence-corrected chi connectivity index (χ3v) is 4.82. The van der Waals surface area contributed by atoms with Crippen LogP contribution in [-0.4, -0.2) is 30.8 Å². The van der Waals surface area contributed by atoms with Crippen molar-refractivity contribution in [1.82, 2.24) is 0 Å². The van der Waals surface area contributed by atoms with Gasteiger partial charge in [0.15, 0.2) is 0 Å². The van der Waals surface area contributed by atoms with Crippen LogP contribution in [0.4, 0.5) is 0 Å². The molecule has 4 nitrogen and oxygen atoms in total. The SMILES string of the molecule is CCCC[C@H]1[C@H](C)OC(=O)[C@@H](N)CCC[C@@H]1OCC1CC1.Cl. The first-order chi connectivity index (χ1) is 10.1. The summed E-state index contributed by atoms with van der Waals surface area (Å²) in [6.07, 6.45) is 8.75. The summed E-state index contributed by atoms with van der Waals surface area (Å²) in [7, 11) is 0. The van der Waals surface area contributed by atoms with Crippen LogP contribution < -0.4 is 5.73 Å². The van der Waals surface area contributed by atoms with Gasteiger partial charge in [-0.3, -0.25) is 4.79 Å². The van der Waals surface area contributed by atoms with E-state index in [9.17, 15) is 4.79 Å². The van der Waals surface area contributed by atoms with E-state index in [-0.39, 0.29) is 30.6 Å². The van der Waals surface area contributed by atoms with E-state index in [0.29, 0.717) is 12.3 Å². The van der Waals surface area contributed by atoms with Gasteiger partial charge in [-0.2, -0.15) is 0 Å². The minimum Gasteiger partial charge on any atom is -0.461 e. The number of carbonyl (C=O) groups excluding carboxylic acids is 1. The Kier molecular flexibility index (Phi) is 8.73. The average Bonchev–Trinajstić information content (AvgIpc) is 3.27. The Bertz CT molecular complexity index is 336. The molecule has 0 bridgehead atoms. The molecule has 5 heteroatoms. The van der Waals surface area contributed by atoms with Gasteiger partial charge in [0.05, 0.1) is 6.10 Å². The molecule has 1 heterocycles. The van der Waals surface area contributed by atoms with Crippen molar-refractivity contribution < 1.29 is 14.3 Å². The Morgan fingerprint density at radius 3 is 2.64 bits per heavy atom. The van der Waals surface area contributed by atoms with E-state index in [0.717, 1.165) is 44.6 Å². The van der Waals surface area contributed by atoms with Gasteiger partial charge in [0.1, 0.15) is 12.1 Å². The Labute approximate surface area is 140 Å². The first-order valence-electron chi connectivity index (χ1n) is 8.69. The van der Waals surface area contributed by atoms with E-state index in [1.807, 2.05) is 6.92 Å². The van der Waals surface area contributed by atoms with Crippen LogP contribution in [0, 0.1) is 11.8 Å². The number of hydrogen-bond donors (Lipinski definition) is 1. The summed E-state index contributed by atoms with van der Waals surface area (Å²) in [6, 6.07) is -0.471. The van der Waals surface area contributed by atoms with E-state index in [2.05, 4.69) is 6.92 Å². The van der Waals surface area contributed by atoms with Crippen LogP contribution in [0.1, 0.15) is 65.2 Å². The fourth-order valence-corrected chi connectivity index (χ4v) is 3.14. The van der Waals surface area contributed by atoms with Crippen LogP contribution in [0.2, 0.25) is 0 Å². The van der Waals surface area contributed by atoms with Crippen molar-refractivity contribution in [2.45, 2.75) is 83.5 Å². The minimum atomic E-state index is -0.471. The fourth-order valence-electron chi connectivity index (χ4n) is 3.14. The summed E-state index contributed by atoms with van der Waals surface area (Å²) in [6.45, 7) is 5.07. The zero-order valence-electron chi connectivity index (χ0n) is 14.0. The molecule has 0 amide bonds. The fraction of sp³-hybridized carbons (Fsp3) is 0.941. The first-order valence-corrected chi connectivity index (χ1v) is 8.69. The van der Waals surface area contributed by atoms with E-state index in [4.69, 9.17) is 15.2 Å². The van der Waals surface area contributed by atoms with Crippen molar-refractivity contribution in [2.24, 2.45) is 17.6 Å². The Balaban J connectivity index is 0.00000242. The summed E-state index contributed by atoms with van der Waals surface area (Å²) < 4.78 is 11.8. The maximum absolute atomic E-state index is 11.9. The van der Waals surface area contributed by atoms with Crippen molar-refractivity contribution in [3.8, 4) is 0 Å². The molecular weight excluding hydrogens is 302 g/mol. The van der Waals surface area contributed by atoms with Crippen LogP contribution in [0.3, 0.4) is 0 Å². The van der Waals surface area contributed by atoms with Gasteiger partial charge in [0, 0.05) is 12.5 Å². The quantitative estimate of drug-likeness (QED) is 0.756. The van der Waals surface area contributed by atoms with Crippen molar-refractivity contribution in [1.29, 1.82) is 0 Å². The van der Waals surface area contributed by atoms with Gasteiger partial charge in [-0.15, -0.1) is 12.4 Å². The predicted octanol–water partition coefficient (Wildman–Crippen LogP) is 3.45. The smallest absolute Gasteiger partial charge is 0.323 e. The van der Waals surface area contributed by atoms with E-state index in [1.165, 1.54) is 12.8 Å². The molecular formula is C17H32ClNO3. The molecule has 0 unspecified atom stereocenters. The van der Waals surface area contributed by atoms with Gasteiger partial charge in [0.25, 0.3) is 0 Å². The van der Waals surface area contributed by atoms with Gasteiger partial charge in [-0.1, -0.05) is 19.8 Å². The normalized spacial score (nSPS) is 33.1. The molecule has 2 fully saturated rings. The molecule has 1 saturated heterocycles. The first kappa shape index (κ1) is 19.7. The highest BCUT2D eigenvalue weighted by Crippen LogP contribution is 2.33. The molecule has 2 N–H and O–H groups in total. The van der Waals surface area contributed by atoms with Gasteiger partial charge >= 0.3 is 5.97 Å². The third-order valence-electron chi connectivity index (χ3n) is 4.82. The number of nitrogens with two attached hydrogens (primary N) is 1. The molecule has 0 aromatic rings. The standard InChI is InChI=1S/C17H31NO3.ClH/c1-3-4-6-14-12(2)21-17(19)15(18)7-5-8-16(14)20-11-13-9-10-13;/h12-16H,3-11,18H2,1-2H3;1H/t12-,14-,15-,16-;/m0./s1. The lowest BCUT2D eigenvalue weighted by molar-refractivity contribution is -0.155. The number of rotatable bonds is 6. The number of ether oxygens (including phenoxy) is 2. The number of hydrogen-bond acceptors (Lipinski definition) is 4. The van der Waals surface area contributed by atoms with Crippen LogP contribution in [0.15, 0.2) is 0 Å². The highest BCUT2D eigenvalue weighted by Gasteiger charge is 2.34. The lowest BCUT2D eigenvalue weighted by Crippen LogP contribution is -2.38. The van der Waals surface area contributed by atoms with Gasteiger partial charge in [-0.05, 0) is 51.4 Å². The van der Waals surface area contributed by atoms with Crippen LogP contribution in [-0.2, 0) is 14.3 Å². The molecule has 1 aliphatic heterocycles. The Hall–Kier alpha value is -0.320. The molecule has 2 aliphatic rings. The van der Waals surface area contributed by atoms with E-state index < -0.39 is 6.04 Å². The Morgan fingerprint density at radius 1 is 1.27 bits per heavy atom. The molecule has 0 radical (unpaired) electrons. The maximum Gasteiger partial charge on any atom is 0.323 e. The summed E-state index contributed by atoms with van der Waals surface area (Å²) in [5, 5.41) is 0. The van der Waals surface area contributed by atoms with Crippen molar-refractivity contribution in [3.05, 3.63) is 0 Å². The summed E-state index contributed by atoms with van der Waals surface area (Å²) in [4.78, 5) is 11.9. The monoisotopic (exact) mass is 333 g/mol. The van der Waals surface area contributed by atoms with E-state index in [1.54, 1.807) is 0 Å². The summed E-state index contributed by atoms with van der Waals surface area (Å²) >= 11 is 0. The topological polar surface area (TPSA) is 61.5 Å².